The van der Waals surface area contributed by atoms with Crippen LogP contribution in [0.5, 0.6) is 11.5 Å². The number of hydrogen-bond donors (Lipinski definition) is 1. The summed E-state index contributed by atoms with van der Waals surface area (Å²) in [5, 5.41) is 6.48. The van der Waals surface area contributed by atoms with Crippen LogP contribution < -0.4 is 15.2 Å². The van der Waals surface area contributed by atoms with Crippen molar-refractivity contribution in [3.63, 3.8) is 0 Å². The van der Waals surface area contributed by atoms with Crippen LogP contribution in [-0.4, -0.2) is 73.0 Å². The molecule has 2 fully saturated rings. The number of nitrogens with zero attached hydrogens (tertiary/aromatic N) is 3. The zero-order chi connectivity index (χ0) is 32.3. The number of alkyl halides is 3. The Morgan fingerprint density at radius 3 is 2.29 bits per heavy atom. The highest BCUT2D eigenvalue weighted by Crippen LogP contribution is 2.40. The van der Waals surface area contributed by atoms with Crippen molar-refractivity contribution in [1.29, 1.82) is 0 Å². The van der Waals surface area contributed by atoms with E-state index in [-0.39, 0.29) is 42.4 Å². The Bertz CT molecular complexity index is 1460. The lowest BCUT2D eigenvalue weighted by Crippen LogP contribution is -2.54. The summed E-state index contributed by atoms with van der Waals surface area (Å²) in [6.45, 7) is 0.393. The maximum absolute atomic E-state index is 13.8. The van der Waals surface area contributed by atoms with E-state index in [0.717, 1.165) is 43.0 Å². The molecular formula is C32H37F3N4O6. The summed E-state index contributed by atoms with van der Waals surface area (Å²) in [4.78, 5) is 40.3. The second kappa shape index (κ2) is 13.4. The monoisotopic (exact) mass is 630 g/mol. The van der Waals surface area contributed by atoms with Gasteiger partial charge in [0.2, 0.25) is 5.91 Å². The summed E-state index contributed by atoms with van der Waals surface area (Å²) >= 11 is 0. The Morgan fingerprint density at radius 1 is 0.978 bits per heavy atom. The molecule has 1 saturated heterocycles. The van der Waals surface area contributed by atoms with E-state index in [4.69, 9.17) is 25.0 Å². The highest BCUT2D eigenvalue weighted by atomic mass is 19.4. The zero-order valence-electron chi connectivity index (χ0n) is 25.2. The van der Waals surface area contributed by atoms with Gasteiger partial charge in [-0.05, 0) is 55.5 Å². The van der Waals surface area contributed by atoms with Crippen molar-refractivity contribution in [1.82, 2.24) is 9.91 Å². The third-order valence-corrected chi connectivity index (χ3v) is 8.94. The summed E-state index contributed by atoms with van der Waals surface area (Å²) in [5.41, 5.74) is 5.76. The quantitative estimate of drug-likeness (QED) is 0.448. The number of nitrogens with two attached hydrogens (primary N) is 1. The summed E-state index contributed by atoms with van der Waals surface area (Å²) in [5.74, 6) is 0.243. The predicted octanol–water partition coefficient (Wildman–Crippen LogP) is 4.77. The van der Waals surface area contributed by atoms with Crippen LogP contribution >= 0.6 is 0 Å². The third kappa shape index (κ3) is 6.86. The highest BCUT2D eigenvalue weighted by Gasteiger charge is 2.44. The van der Waals surface area contributed by atoms with Crippen LogP contribution in [0.4, 0.5) is 18.0 Å². The second-order valence-electron chi connectivity index (χ2n) is 11.6. The van der Waals surface area contributed by atoms with Crippen molar-refractivity contribution in [3.05, 3.63) is 59.2 Å². The number of piperidine rings is 1. The van der Waals surface area contributed by atoms with Crippen molar-refractivity contribution in [2.45, 2.75) is 63.3 Å². The molecule has 3 amide bonds. The predicted molar refractivity (Wildman–Crippen MR) is 158 cm³/mol. The van der Waals surface area contributed by atoms with E-state index in [9.17, 15) is 27.6 Å². The molecule has 10 nitrogen and oxygen atoms in total. The van der Waals surface area contributed by atoms with Crippen LogP contribution in [0.2, 0.25) is 0 Å². The molecule has 2 heterocycles. The number of carbonyl (C=O) groups excluding carboxylic acids is 3. The summed E-state index contributed by atoms with van der Waals surface area (Å²) in [6.07, 6.45) is -3.58. The average molecular weight is 631 g/mol. The standard InChI is InChI=1S/C32H37F3N4O6/c1-43-25-12-11-20(18-26(25)44-2)28-22-8-4-5-9-23(22)29(40)39(37-28)21-13-15-38(16-14-21)30(41)27(45-31(36)42)17-19-7-3-6-10-24(19)32(33,34)35/h3,6-7,10-12,18,21-23,27H,4-5,8-9,13-17H2,1-2H3,(H2,36,42)/t22-,23+,27+/m0/s1. The molecule has 3 aliphatic rings. The van der Waals surface area contributed by atoms with Crippen molar-refractivity contribution in [3.8, 4) is 11.5 Å². The number of fused-ring (bicyclic) bond motifs is 1. The van der Waals surface area contributed by atoms with Crippen molar-refractivity contribution < 1.29 is 41.8 Å². The average Bonchev–Trinajstić information content (AvgIpc) is 3.04. The molecule has 0 bridgehead atoms. The molecule has 2 N–H and O–H groups in total. The van der Waals surface area contributed by atoms with Gasteiger partial charge < -0.3 is 24.8 Å². The van der Waals surface area contributed by atoms with Gasteiger partial charge in [0.05, 0.1) is 31.5 Å². The van der Waals surface area contributed by atoms with Gasteiger partial charge in [0, 0.05) is 36.9 Å². The molecule has 13 heteroatoms. The molecule has 2 aliphatic heterocycles. The van der Waals surface area contributed by atoms with Crippen molar-refractivity contribution in [2.24, 2.45) is 22.7 Å². The van der Waals surface area contributed by atoms with E-state index >= 15 is 0 Å². The first kappa shape index (κ1) is 32.1. The lowest BCUT2D eigenvalue weighted by atomic mass is 9.73. The van der Waals surface area contributed by atoms with Crippen LogP contribution in [-0.2, 0) is 26.9 Å². The minimum absolute atomic E-state index is 0.0199. The van der Waals surface area contributed by atoms with Crippen LogP contribution in [0.1, 0.15) is 55.2 Å². The maximum Gasteiger partial charge on any atom is 0.416 e. The van der Waals surface area contributed by atoms with E-state index < -0.39 is 36.3 Å². The number of halogens is 3. The van der Waals surface area contributed by atoms with Crippen LogP contribution in [0.3, 0.4) is 0 Å². The molecule has 1 aliphatic carbocycles. The van der Waals surface area contributed by atoms with Gasteiger partial charge in [-0.1, -0.05) is 31.0 Å². The first-order chi connectivity index (χ1) is 21.5. The first-order valence-corrected chi connectivity index (χ1v) is 15.1. The van der Waals surface area contributed by atoms with Gasteiger partial charge in [0.25, 0.3) is 5.91 Å². The van der Waals surface area contributed by atoms with Crippen molar-refractivity contribution >= 4 is 23.6 Å². The lowest BCUT2D eigenvalue weighted by molar-refractivity contribution is -0.146. The molecule has 0 spiro atoms. The minimum Gasteiger partial charge on any atom is -0.493 e. The van der Waals surface area contributed by atoms with Gasteiger partial charge in [-0.15, -0.1) is 0 Å². The molecule has 242 valence electrons. The summed E-state index contributed by atoms with van der Waals surface area (Å²) in [6, 6.07) is 10.1. The van der Waals surface area contributed by atoms with Gasteiger partial charge in [0.1, 0.15) is 0 Å². The van der Waals surface area contributed by atoms with Crippen LogP contribution in [0.15, 0.2) is 47.6 Å². The van der Waals surface area contributed by atoms with E-state index in [2.05, 4.69) is 0 Å². The molecule has 45 heavy (non-hydrogen) atoms. The molecule has 2 aromatic rings. The Hall–Kier alpha value is -4.29. The van der Waals surface area contributed by atoms with Gasteiger partial charge in [-0.3, -0.25) is 9.59 Å². The maximum atomic E-state index is 13.8. The van der Waals surface area contributed by atoms with Crippen LogP contribution in [0.25, 0.3) is 0 Å². The molecule has 0 radical (unpaired) electrons. The largest absolute Gasteiger partial charge is 0.493 e. The van der Waals surface area contributed by atoms with Crippen LogP contribution in [0, 0.1) is 11.8 Å². The molecule has 3 atom stereocenters. The Balaban J connectivity index is 1.34. The molecule has 5 rings (SSSR count). The second-order valence-corrected chi connectivity index (χ2v) is 11.6. The van der Waals surface area contributed by atoms with E-state index in [1.54, 1.807) is 19.2 Å². The number of hydrazone groups is 1. The fraction of sp³-hybridized carbons (Fsp3) is 0.500. The number of carbonyl (C=O) groups is 3. The topological polar surface area (TPSA) is 124 Å². The Labute approximate surface area is 259 Å². The number of likely N-dealkylation sites (tertiary alicyclic amines) is 1. The minimum atomic E-state index is -4.65. The van der Waals surface area contributed by atoms with E-state index in [0.29, 0.717) is 24.3 Å². The number of ether oxygens (including phenoxy) is 3. The van der Waals surface area contributed by atoms with E-state index in [1.165, 1.54) is 23.1 Å². The number of primary amides is 1. The van der Waals surface area contributed by atoms with Gasteiger partial charge >= 0.3 is 12.3 Å². The fourth-order valence-corrected chi connectivity index (χ4v) is 6.72. The smallest absolute Gasteiger partial charge is 0.416 e. The van der Waals surface area contributed by atoms with Crippen molar-refractivity contribution in [2.75, 3.05) is 27.3 Å². The summed E-state index contributed by atoms with van der Waals surface area (Å²) < 4.78 is 56.7. The number of methoxy groups -OCH3 is 2. The number of benzene rings is 2. The highest BCUT2D eigenvalue weighted by molar-refractivity contribution is 6.07. The van der Waals surface area contributed by atoms with Gasteiger partial charge in [-0.2, -0.15) is 18.3 Å². The number of hydrogen-bond acceptors (Lipinski definition) is 7. The fourth-order valence-electron chi connectivity index (χ4n) is 6.72. The Kier molecular flexibility index (Phi) is 9.54. The molecule has 1 saturated carbocycles. The number of rotatable bonds is 8. The number of amides is 3. The lowest BCUT2D eigenvalue weighted by Gasteiger charge is -2.43. The summed E-state index contributed by atoms with van der Waals surface area (Å²) in [7, 11) is 3.13. The van der Waals surface area contributed by atoms with Gasteiger partial charge in [0.15, 0.2) is 17.6 Å². The van der Waals surface area contributed by atoms with Gasteiger partial charge in [-0.25, -0.2) is 9.80 Å². The molecule has 0 aromatic heterocycles. The first-order valence-electron chi connectivity index (χ1n) is 15.1. The zero-order valence-corrected chi connectivity index (χ0v) is 25.2. The SMILES string of the molecule is COc1ccc(C2=NN(C3CCN(C(=O)[C@@H](Cc4ccccc4C(F)(F)F)OC(N)=O)CC3)C(=O)[C@@H]3CCCC[C@H]23)cc1OC. The third-order valence-electron chi connectivity index (χ3n) is 8.94. The normalized spacial score (nSPS) is 21.4. The Morgan fingerprint density at radius 2 is 1.64 bits per heavy atom. The molecule has 2 aromatic carbocycles. The van der Waals surface area contributed by atoms with E-state index in [1.807, 2.05) is 18.2 Å². The molecular weight excluding hydrogens is 593 g/mol. The molecule has 0 unspecified atom stereocenters.